The Balaban J connectivity index is 2.22. The van der Waals surface area contributed by atoms with Crippen molar-refractivity contribution in [2.45, 2.75) is 31.7 Å². The van der Waals surface area contributed by atoms with E-state index in [9.17, 15) is 26.7 Å². The first-order valence-electron chi connectivity index (χ1n) is 6.05. The minimum atomic E-state index is -4.59. The third kappa shape index (κ3) is 3.26. The number of benzene rings is 1. The number of halogens is 5. The second kappa shape index (κ2) is 5.38. The highest BCUT2D eigenvalue weighted by molar-refractivity contribution is 5.77. The maximum atomic E-state index is 13.5. The number of rotatable bonds is 2. The van der Waals surface area contributed by atoms with E-state index in [-0.39, 0.29) is 37.4 Å². The smallest absolute Gasteiger partial charge is 0.335 e. The molecular formula is C13H12F5NO. The van der Waals surface area contributed by atoms with Gasteiger partial charge in [0.1, 0.15) is 12.0 Å². The fourth-order valence-electron chi connectivity index (χ4n) is 2.10. The lowest BCUT2D eigenvalue weighted by Crippen LogP contribution is -2.40. The van der Waals surface area contributed by atoms with Gasteiger partial charge in [-0.1, -0.05) is 0 Å². The molecule has 0 saturated carbocycles. The van der Waals surface area contributed by atoms with E-state index >= 15 is 0 Å². The van der Waals surface area contributed by atoms with Crippen molar-refractivity contribution in [3.05, 3.63) is 35.1 Å². The molecule has 0 aliphatic carbocycles. The molecule has 0 bridgehead atoms. The molecule has 2 nitrogen and oxygen atoms in total. The molecule has 1 aromatic carbocycles. The summed E-state index contributed by atoms with van der Waals surface area (Å²) in [6.07, 6.45) is -5.72. The number of likely N-dealkylation sites (tertiary alicyclic amines) is 1. The molecule has 0 N–H and O–H groups in total. The molecule has 7 heteroatoms. The maximum absolute atomic E-state index is 13.5. The monoisotopic (exact) mass is 293 g/mol. The third-order valence-corrected chi connectivity index (χ3v) is 3.18. The maximum Gasteiger partial charge on any atom is 0.416 e. The van der Waals surface area contributed by atoms with Crippen molar-refractivity contribution >= 4 is 5.91 Å². The molecule has 0 unspecified atom stereocenters. The number of nitrogens with zero attached hydrogens (tertiary/aromatic N) is 1. The lowest BCUT2D eigenvalue weighted by molar-refractivity contribution is -0.137. The van der Waals surface area contributed by atoms with Crippen molar-refractivity contribution in [2.24, 2.45) is 0 Å². The summed E-state index contributed by atoms with van der Waals surface area (Å²) in [6.45, 7) is -0.566. The summed E-state index contributed by atoms with van der Waals surface area (Å²) in [5.74, 6) is -1.22. The van der Waals surface area contributed by atoms with Gasteiger partial charge in [-0.3, -0.25) is 4.79 Å². The van der Waals surface area contributed by atoms with Crippen LogP contribution in [0.5, 0.6) is 0 Å². The van der Waals surface area contributed by atoms with E-state index in [1.54, 1.807) is 0 Å². The van der Waals surface area contributed by atoms with E-state index in [0.717, 1.165) is 4.90 Å². The normalized spacial score (nSPS) is 20.4. The van der Waals surface area contributed by atoms with E-state index < -0.39 is 23.7 Å². The number of carbonyl (C=O) groups is 1. The van der Waals surface area contributed by atoms with Gasteiger partial charge in [0.2, 0.25) is 5.91 Å². The van der Waals surface area contributed by atoms with Gasteiger partial charge in [-0.05, 0) is 24.6 Å². The Kier molecular flexibility index (Phi) is 3.96. The molecule has 0 aromatic heterocycles. The highest BCUT2D eigenvalue weighted by atomic mass is 19.4. The van der Waals surface area contributed by atoms with Crippen LogP contribution in [0.15, 0.2) is 18.2 Å². The summed E-state index contributed by atoms with van der Waals surface area (Å²) in [5.41, 5.74) is -1.25. The van der Waals surface area contributed by atoms with Crippen LogP contribution in [0.2, 0.25) is 0 Å². The Morgan fingerprint density at radius 2 is 2.00 bits per heavy atom. The van der Waals surface area contributed by atoms with E-state index in [4.69, 9.17) is 0 Å². The zero-order chi connectivity index (χ0) is 14.9. The van der Waals surface area contributed by atoms with Gasteiger partial charge in [0.05, 0.1) is 12.1 Å². The van der Waals surface area contributed by atoms with Crippen LogP contribution in [-0.4, -0.2) is 23.5 Å². The fourth-order valence-corrected chi connectivity index (χ4v) is 2.10. The third-order valence-electron chi connectivity index (χ3n) is 3.18. The molecule has 1 aromatic rings. The highest BCUT2D eigenvalue weighted by Crippen LogP contribution is 2.31. The quantitative estimate of drug-likeness (QED) is 0.766. The summed E-state index contributed by atoms with van der Waals surface area (Å²) in [7, 11) is 0. The van der Waals surface area contributed by atoms with Crippen LogP contribution in [0.25, 0.3) is 0 Å². The number of alkyl halides is 4. The van der Waals surface area contributed by atoms with Crippen molar-refractivity contribution in [3.63, 3.8) is 0 Å². The molecule has 1 aliphatic rings. The van der Waals surface area contributed by atoms with Gasteiger partial charge in [0.25, 0.3) is 0 Å². The minimum Gasteiger partial charge on any atom is -0.335 e. The second-order valence-electron chi connectivity index (χ2n) is 4.71. The van der Waals surface area contributed by atoms with Crippen molar-refractivity contribution in [3.8, 4) is 0 Å². The summed E-state index contributed by atoms with van der Waals surface area (Å²) in [5, 5.41) is 0. The number of piperidine rings is 1. The van der Waals surface area contributed by atoms with Gasteiger partial charge in [-0.25, -0.2) is 8.78 Å². The molecule has 2 rings (SSSR count). The molecule has 0 radical (unpaired) electrons. The van der Waals surface area contributed by atoms with Crippen molar-refractivity contribution in [2.75, 3.05) is 6.54 Å². The Labute approximate surface area is 112 Å². The van der Waals surface area contributed by atoms with Gasteiger partial charge >= 0.3 is 6.18 Å². The first kappa shape index (κ1) is 14.7. The summed E-state index contributed by atoms with van der Waals surface area (Å²) in [4.78, 5) is 12.6. The molecule has 110 valence electrons. The predicted octanol–water partition coefficient (Wildman–Crippen LogP) is 3.31. The Morgan fingerprint density at radius 1 is 1.30 bits per heavy atom. The van der Waals surface area contributed by atoms with Crippen LogP contribution in [-0.2, 0) is 17.5 Å². The Bertz CT molecular complexity index is 514. The number of hydrogen-bond donors (Lipinski definition) is 0. The average molecular weight is 293 g/mol. The SMILES string of the molecule is O=C1CC[C@H](F)CN1Cc1cc(C(F)(F)F)ccc1F. The second-order valence-corrected chi connectivity index (χ2v) is 4.71. The first-order chi connectivity index (χ1) is 9.27. The van der Waals surface area contributed by atoms with Crippen molar-refractivity contribution < 1.29 is 26.7 Å². The van der Waals surface area contributed by atoms with Crippen LogP contribution >= 0.6 is 0 Å². The van der Waals surface area contributed by atoms with E-state index in [1.807, 2.05) is 0 Å². The summed E-state index contributed by atoms with van der Waals surface area (Å²) >= 11 is 0. The highest BCUT2D eigenvalue weighted by Gasteiger charge is 2.32. The molecular weight excluding hydrogens is 281 g/mol. The fraction of sp³-hybridized carbons (Fsp3) is 0.462. The Hall–Kier alpha value is -1.66. The first-order valence-corrected chi connectivity index (χ1v) is 6.05. The van der Waals surface area contributed by atoms with Crippen LogP contribution in [0.3, 0.4) is 0 Å². The summed E-state index contributed by atoms with van der Waals surface area (Å²) in [6, 6.07) is 2.00. The topological polar surface area (TPSA) is 20.3 Å². The molecule has 1 fully saturated rings. The molecule has 20 heavy (non-hydrogen) atoms. The van der Waals surface area contributed by atoms with Crippen LogP contribution in [0.4, 0.5) is 22.0 Å². The van der Waals surface area contributed by atoms with Crippen LogP contribution in [0.1, 0.15) is 24.0 Å². The van der Waals surface area contributed by atoms with Crippen LogP contribution < -0.4 is 0 Å². The zero-order valence-corrected chi connectivity index (χ0v) is 10.4. The molecule has 1 heterocycles. The van der Waals surface area contributed by atoms with Crippen molar-refractivity contribution in [1.29, 1.82) is 0 Å². The lowest BCUT2D eigenvalue weighted by Gasteiger charge is -2.29. The van der Waals surface area contributed by atoms with Gasteiger partial charge in [-0.2, -0.15) is 13.2 Å². The minimum absolute atomic E-state index is 0.0122. The number of amides is 1. The summed E-state index contributed by atoms with van der Waals surface area (Å²) < 4.78 is 64.4. The average Bonchev–Trinajstić information content (AvgIpc) is 2.35. The predicted molar refractivity (Wildman–Crippen MR) is 60.9 cm³/mol. The molecule has 1 amide bonds. The molecule has 1 atom stereocenters. The largest absolute Gasteiger partial charge is 0.416 e. The van der Waals surface area contributed by atoms with E-state index in [0.29, 0.717) is 18.2 Å². The molecule has 0 spiro atoms. The van der Waals surface area contributed by atoms with Gasteiger partial charge in [0.15, 0.2) is 0 Å². The standard InChI is InChI=1S/C13H12F5NO/c14-10-2-4-12(20)19(7-10)6-8-5-9(13(16,17)18)1-3-11(8)15/h1,3,5,10H,2,4,6-7H2/t10-/m0/s1. The van der Waals surface area contributed by atoms with Crippen molar-refractivity contribution in [1.82, 2.24) is 4.90 Å². The Morgan fingerprint density at radius 3 is 2.65 bits per heavy atom. The number of carbonyl (C=O) groups excluding carboxylic acids is 1. The zero-order valence-electron chi connectivity index (χ0n) is 10.4. The van der Waals surface area contributed by atoms with Gasteiger partial charge < -0.3 is 4.90 Å². The molecule has 1 aliphatic heterocycles. The van der Waals surface area contributed by atoms with Gasteiger partial charge in [0, 0.05) is 18.5 Å². The van der Waals surface area contributed by atoms with E-state index in [2.05, 4.69) is 0 Å². The van der Waals surface area contributed by atoms with Crippen LogP contribution in [0, 0.1) is 5.82 Å². The molecule has 1 saturated heterocycles. The van der Waals surface area contributed by atoms with Gasteiger partial charge in [-0.15, -0.1) is 0 Å². The van der Waals surface area contributed by atoms with E-state index in [1.165, 1.54) is 0 Å². The lowest BCUT2D eigenvalue weighted by atomic mass is 10.1. The number of hydrogen-bond acceptors (Lipinski definition) is 1.